The molecule has 0 aromatic rings. The fraction of sp³-hybridized carbons (Fsp3) is 0.875. The Hall–Kier alpha value is -0.570. The van der Waals surface area contributed by atoms with Crippen LogP contribution < -0.4 is 0 Å². The van der Waals surface area contributed by atoms with E-state index in [4.69, 9.17) is 4.74 Å². The van der Waals surface area contributed by atoms with Gasteiger partial charge in [-0.25, -0.2) is 0 Å². The van der Waals surface area contributed by atoms with Crippen LogP contribution in [0.3, 0.4) is 0 Å². The first kappa shape index (κ1) is 8.53. The first-order valence-corrected chi connectivity index (χ1v) is 4.01. The van der Waals surface area contributed by atoms with Crippen LogP contribution in [0.2, 0.25) is 0 Å². The molecule has 0 aliphatic carbocycles. The number of rotatable bonds is 2. The Morgan fingerprint density at radius 2 is 2.36 bits per heavy atom. The van der Waals surface area contributed by atoms with Crippen LogP contribution in [-0.4, -0.2) is 37.6 Å². The van der Waals surface area contributed by atoms with Crippen molar-refractivity contribution in [1.29, 1.82) is 0 Å². The van der Waals surface area contributed by atoms with Gasteiger partial charge < -0.3 is 9.64 Å². The van der Waals surface area contributed by atoms with E-state index in [1.54, 1.807) is 0 Å². The first-order valence-electron chi connectivity index (χ1n) is 4.01. The summed E-state index contributed by atoms with van der Waals surface area (Å²) in [5.74, 6) is 0.511. The van der Waals surface area contributed by atoms with Gasteiger partial charge in [0.1, 0.15) is 6.10 Å². The molecule has 64 valence electrons. The molecule has 1 unspecified atom stereocenters. The van der Waals surface area contributed by atoms with Crippen molar-refractivity contribution in [3.63, 3.8) is 0 Å². The number of likely N-dealkylation sites (N-methyl/N-ethyl adjacent to an activating group) is 1. The number of carbonyl (C=O) groups excluding carboxylic acids is 1. The average molecular weight is 157 g/mol. The number of piperidine rings is 1. The Morgan fingerprint density at radius 1 is 1.64 bits per heavy atom. The van der Waals surface area contributed by atoms with Crippen molar-refractivity contribution in [2.75, 3.05) is 20.1 Å². The third kappa shape index (κ3) is 2.19. The first-order chi connectivity index (χ1) is 5.24. The normalized spacial score (nSPS) is 33.3. The van der Waals surface area contributed by atoms with E-state index in [0.29, 0.717) is 12.4 Å². The fourth-order valence-corrected chi connectivity index (χ4v) is 1.44. The molecule has 0 spiro atoms. The molecule has 3 nitrogen and oxygen atoms in total. The number of nitrogens with zero attached hydrogens (tertiary/aromatic N) is 1. The summed E-state index contributed by atoms with van der Waals surface area (Å²) in [6, 6.07) is 0. The van der Waals surface area contributed by atoms with E-state index in [-0.39, 0.29) is 6.10 Å². The smallest absolute Gasteiger partial charge is 0.293 e. The van der Waals surface area contributed by atoms with E-state index in [2.05, 4.69) is 11.8 Å². The molecule has 0 bridgehead atoms. The van der Waals surface area contributed by atoms with Crippen molar-refractivity contribution in [2.24, 2.45) is 5.92 Å². The molecule has 0 radical (unpaired) electrons. The van der Waals surface area contributed by atoms with E-state index >= 15 is 0 Å². The Bertz CT molecular complexity index is 138. The van der Waals surface area contributed by atoms with Gasteiger partial charge in [0, 0.05) is 6.54 Å². The predicted octanol–water partition coefficient (Wildman–Crippen LogP) is 0.500. The monoisotopic (exact) mass is 157 g/mol. The largest absolute Gasteiger partial charge is 0.463 e. The van der Waals surface area contributed by atoms with Crippen molar-refractivity contribution in [3.05, 3.63) is 0 Å². The molecular weight excluding hydrogens is 142 g/mol. The third-order valence-corrected chi connectivity index (χ3v) is 2.32. The minimum absolute atomic E-state index is 0.103. The van der Waals surface area contributed by atoms with Crippen molar-refractivity contribution in [3.8, 4) is 0 Å². The van der Waals surface area contributed by atoms with E-state index in [1.807, 2.05) is 7.05 Å². The molecule has 2 atom stereocenters. The molecular formula is C8H15NO2. The van der Waals surface area contributed by atoms with Gasteiger partial charge >= 0.3 is 0 Å². The second-order valence-electron chi connectivity index (χ2n) is 3.30. The van der Waals surface area contributed by atoms with Crippen LogP contribution in [0, 0.1) is 5.92 Å². The maximum Gasteiger partial charge on any atom is 0.293 e. The Morgan fingerprint density at radius 3 is 3.00 bits per heavy atom. The van der Waals surface area contributed by atoms with Gasteiger partial charge in [-0.3, -0.25) is 4.79 Å². The highest BCUT2D eigenvalue weighted by molar-refractivity contribution is 5.37. The van der Waals surface area contributed by atoms with Crippen LogP contribution >= 0.6 is 0 Å². The van der Waals surface area contributed by atoms with Crippen molar-refractivity contribution >= 4 is 6.47 Å². The second kappa shape index (κ2) is 3.72. The lowest BCUT2D eigenvalue weighted by atomic mass is 9.96. The molecule has 11 heavy (non-hydrogen) atoms. The minimum Gasteiger partial charge on any atom is -0.463 e. The van der Waals surface area contributed by atoms with Crippen molar-refractivity contribution in [1.82, 2.24) is 4.90 Å². The van der Waals surface area contributed by atoms with Gasteiger partial charge in [-0.2, -0.15) is 0 Å². The highest BCUT2D eigenvalue weighted by atomic mass is 16.5. The molecule has 1 heterocycles. The highest BCUT2D eigenvalue weighted by Crippen LogP contribution is 2.17. The van der Waals surface area contributed by atoms with Gasteiger partial charge in [0.25, 0.3) is 6.47 Å². The molecule has 1 rings (SSSR count). The molecule has 0 aromatic heterocycles. The lowest BCUT2D eigenvalue weighted by molar-refractivity contribution is -0.138. The van der Waals surface area contributed by atoms with Crippen LogP contribution in [-0.2, 0) is 9.53 Å². The quantitative estimate of drug-likeness (QED) is 0.547. The number of ether oxygens (including phenoxy) is 1. The Labute approximate surface area is 67.3 Å². The zero-order chi connectivity index (χ0) is 8.27. The van der Waals surface area contributed by atoms with Gasteiger partial charge in [0.15, 0.2) is 0 Å². The van der Waals surface area contributed by atoms with E-state index in [9.17, 15) is 4.79 Å². The van der Waals surface area contributed by atoms with E-state index < -0.39 is 0 Å². The summed E-state index contributed by atoms with van der Waals surface area (Å²) in [5, 5.41) is 0. The highest BCUT2D eigenvalue weighted by Gasteiger charge is 2.24. The molecule has 1 aliphatic rings. The van der Waals surface area contributed by atoms with Gasteiger partial charge in [0.2, 0.25) is 0 Å². The van der Waals surface area contributed by atoms with Crippen LogP contribution in [0.4, 0.5) is 0 Å². The lowest BCUT2D eigenvalue weighted by Crippen LogP contribution is -2.41. The summed E-state index contributed by atoms with van der Waals surface area (Å²) in [6.07, 6.45) is 1.22. The number of hydrogen-bond acceptors (Lipinski definition) is 3. The van der Waals surface area contributed by atoms with Gasteiger partial charge in [-0.05, 0) is 25.9 Å². The molecule has 0 aromatic carbocycles. The van der Waals surface area contributed by atoms with Gasteiger partial charge in [-0.15, -0.1) is 0 Å². The van der Waals surface area contributed by atoms with Gasteiger partial charge in [0.05, 0.1) is 0 Å². The van der Waals surface area contributed by atoms with E-state index in [1.165, 1.54) is 0 Å². The molecule has 1 fully saturated rings. The lowest BCUT2D eigenvalue weighted by Gasteiger charge is -2.33. The standard InChI is InChI=1S/C8H15NO2/c1-7-3-4-9(2)5-8(7)11-6-10/h6-8H,3-5H2,1-2H3/t7?,8-/m0/s1. The summed E-state index contributed by atoms with van der Waals surface area (Å²) in [7, 11) is 2.05. The molecule has 3 heteroatoms. The zero-order valence-electron chi connectivity index (χ0n) is 7.12. The van der Waals surface area contributed by atoms with Crippen LogP contribution in [0.1, 0.15) is 13.3 Å². The maximum absolute atomic E-state index is 10.1. The topological polar surface area (TPSA) is 29.5 Å². The second-order valence-corrected chi connectivity index (χ2v) is 3.30. The molecule has 1 aliphatic heterocycles. The maximum atomic E-state index is 10.1. The van der Waals surface area contributed by atoms with Crippen LogP contribution in [0.15, 0.2) is 0 Å². The summed E-state index contributed by atoms with van der Waals surface area (Å²) in [4.78, 5) is 12.3. The van der Waals surface area contributed by atoms with E-state index in [0.717, 1.165) is 19.5 Å². The SMILES string of the molecule is CC1CCN(C)C[C@@H]1OC=O. The molecule has 0 N–H and O–H groups in total. The number of likely N-dealkylation sites (tertiary alicyclic amines) is 1. The summed E-state index contributed by atoms with van der Waals surface area (Å²) < 4.78 is 4.94. The molecule has 0 amide bonds. The molecule has 1 saturated heterocycles. The zero-order valence-corrected chi connectivity index (χ0v) is 7.12. The number of hydrogen-bond donors (Lipinski definition) is 0. The van der Waals surface area contributed by atoms with Crippen LogP contribution in [0.25, 0.3) is 0 Å². The number of carbonyl (C=O) groups is 1. The average Bonchev–Trinajstić information content (AvgIpc) is 1.98. The predicted molar refractivity (Wildman–Crippen MR) is 42.2 cm³/mol. The van der Waals surface area contributed by atoms with Crippen LogP contribution in [0.5, 0.6) is 0 Å². The summed E-state index contributed by atoms with van der Waals surface area (Å²) in [6.45, 7) is 4.67. The Balaban J connectivity index is 2.40. The molecule has 0 saturated carbocycles. The summed E-state index contributed by atoms with van der Waals surface area (Å²) >= 11 is 0. The fourth-order valence-electron chi connectivity index (χ4n) is 1.44. The van der Waals surface area contributed by atoms with Crippen molar-refractivity contribution in [2.45, 2.75) is 19.4 Å². The van der Waals surface area contributed by atoms with Crippen molar-refractivity contribution < 1.29 is 9.53 Å². The minimum atomic E-state index is 0.103. The summed E-state index contributed by atoms with van der Waals surface area (Å²) in [5.41, 5.74) is 0. The van der Waals surface area contributed by atoms with Gasteiger partial charge in [-0.1, -0.05) is 6.92 Å². The third-order valence-electron chi connectivity index (χ3n) is 2.32. The Kier molecular flexibility index (Phi) is 2.88.